The van der Waals surface area contributed by atoms with Crippen molar-refractivity contribution in [2.75, 3.05) is 40.4 Å². The van der Waals surface area contributed by atoms with Crippen molar-refractivity contribution >= 4 is 34.9 Å². The molecule has 2 aromatic heterocycles. The second-order valence-corrected chi connectivity index (χ2v) is 16.7. The molecule has 0 spiro atoms. The number of Topliss-reactive ketones (excluding diaryl/α,β-unsaturated/α-hetero) is 1. The summed E-state index contributed by atoms with van der Waals surface area (Å²) in [4.78, 5) is 48.1. The van der Waals surface area contributed by atoms with Crippen molar-refractivity contribution < 1.29 is 19.1 Å². The molecule has 1 amide bonds. The van der Waals surface area contributed by atoms with E-state index in [0.29, 0.717) is 100 Å². The Morgan fingerprint density at radius 1 is 0.661 bits per heavy atom. The molecule has 294 valence electrons. The van der Waals surface area contributed by atoms with Gasteiger partial charge in [-0.2, -0.15) is 0 Å². The predicted molar refractivity (Wildman–Crippen MR) is 217 cm³/mol. The van der Waals surface area contributed by atoms with Gasteiger partial charge in [-0.1, -0.05) is 59.6 Å². The quantitative estimate of drug-likeness (QED) is 0.114. The average Bonchev–Trinajstić information content (AvgIpc) is 4.12. The highest BCUT2D eigenvalue weighted by molar-refractivity contribution is 6.39. The van der Waals surface area contributed by atoms with E-state index in [2.05, 4.69) is 15.1 Å². The summed E-state index contributed by atoms with van der Waals surface area (Å²) in [6, 6.07) is 11.7. The first kappa shape index (κ1) is 38.7. The van der Waals surface area contributed by atoms with Gasteiger partial charge in [-0.05, 0) is 56.3 Å². The SMILES string of the molecule is COc1nc(-c2cccc(-c3cccc(-c4cnc(CN(CC5CC5)C[C@@H]5CCC(=O)N5)c(OC)n4)c3Cl)c2Cl)cnc1CN(CC1CC1)C[C@@H]1CCC(=O)C1. The molecule has 0 unspecified atom stereocenters. The molecule has 2 aromatic carbocycles. The normalized spacial score (nSPS) is 19.6. The number of hydrogen-bond donors (Lipinski definition) is 1. The summed E-state index contributed by atoms with van der Waals surface area (Å²) >= 11 is 14.4. The fourth-order valence-corrected chi connectivity index (χ4v) is 8.82. The van der Waals surface area contributed by atoms with Crippen LogP contribution in [0.3, 0.4) is 0 Å². The molecule has 4 aromatic rings. The van der Waals surface area contributed by atoms with Crippen LogP contribution in [0, 0.1) is 17.8 Å². The highest BCUT2D eigenvalue weighted by Crippen LogP contribution is 2.42. The molecule has 1 N–H and O–H groups in total. The van der Waals surface area contributed by atoms with Crippen molar-refractivity contribution in [3.8, 4) is 45.4 Å². The van der Waals surface area contributed by atoms with E-state index in [1.807, 2.05) is 36.4 Å². The number of ketones is 1. The van der Waals surface area contributed by atoms with Gasteiger partial charge in [0, 0.05) is 86.8 Å². The summed E-state index contributed by atoms with van der Waals surface area (Å²) in [6.45, 7) is 4.79. The van der Waals surface area contributed by atoms with Gasteiger partial charge in [-0.15, -0.1) is 0 Å². The Kier molecular flexibility index (Phi) is 11.8. The van der Waals surface area contributed by atoms with Gasteiger partial charge in [0.1, 0.15) is 17.2 Å². The molecule has 3 aliphatic carbocycles. The number of carbonyl (C=O) groups is 2. The van der Waals surface area contributed by atoms with E-state index < -0.39 is 0 Å². The molecular weight excluding hydrogens is 749 g/mol. The minimum Gasteiger partial charge on any atom is -0.480 e. The van der Waals surface area contributed by atoms with E-state index >= 15 is 0 Å². The van der Waals surface area contributed by atoms with Crippen LogP contribution in [-0.2, 0) is 22.7 Å². The van der Waals surface area contributed by atoms with Crippen molar-refractivity contribution in [2.45, 2.75) is 76.9 Å². The number of benzene rings is 2. The zero-order valence-corrected chi connectivity index (χ0v) is 33.6. The van der Waals surface area contributed by atoms with E-state index in [4.69, 9.17) is 52.6 Å². The number of ether oxygens (including phenoxy) is 2. The molecule has 56 heavy (non-hydrogen) atoms. The van der Waals surface area contributed by atoms with Crippen molar-refractivity contribution in [2.24, 2.45) is 17.8 Å². The number of hydrogen-bond acceptors (Lipinski definition) is 10. The van der Waals surface area contributed by atoms with E-state index in [-0.39, 0.29) is 11.9 Å². The Hall–Kier alpha value is -4.16. The number of methoxy groups -OCH3 is 2. The molecule has 4 fully saturated rings. The highest BCUT2D eigenvalue weighted by atomic mass is 35.5. The van der Waals surface area contributed by atoms with Crippen LogP contribution < -0.4 is 14.8 Å². The lowest BCUT2D eigenvalue weighted by atomic mass is 9.98. The van der Waals surface area contributed by atoms with Crippen LogP contribution in [-0.4, -0.2) is 87.9 Å². The summed E-state index contributed by atoms with van der Waals surface area (Å²) in [6.07, 6.45) is 12.2. The maximum atomic E-state index is 12.0. The first-order valence-corrected chi connectivity index (χ1v) is 20.6. The van der Waals surface area contributed by atoms with Gasteiger partial charge in [0.25, 0.3) is 0 Å². The van der Waals surface area contributed by atoms with Gasteiger partial charge in [-0.3, -0.25) is 29.4 Å². The molecule has 11 nitrogen and oxygen atoms in total. The van der Waals surface area contributed by atoms with Crippen LogP contribution >= 0.6 is 23.2 Å². The van der Waals surface area contributed by atoms with Crippen molar-refractivity contribution in [1.29, 1.82) is 0 Å². The van der Waals surface area contributed by atoms with Crippen LogP contribution in [0.5, 0.6) is 11.8 Å². The van der Waals surface area contributed by atoms with E-state index in [1.165, 1.54) is 25.7 Å². The fourth-order valence-electron chi connectivity index (χ4n) is 8.17. The Morgan fingerprint density at radius 2 is 1.16 bits per heavy atom. The van der Waals surface area contributed by atoms with Crippen molar-refractivity contribution in [1.82, 2.24) is 35.1 Å². The number of rotatable bonds is 17. The second-order valence-electron chi connectivity index (χ2n) is 16.0. The third kappa shape index (κ3) is 9.17. The van der Waals surface area contributed by atoms with Gasteiger partial charge in [0.15, 0.2) is 0 Å². The first-order chi connectivity index (χ1) is 27.2. The number of nitrogens with one attached hydrogen (secondary N) is 1. The summed E-state index contributed by atoms with van der Waals surface area (Å²) < 4.78 is 11.6. The topological polar surface area (TPSA) is 123 Å². The smallest absolute Gasteiger partial charge is 0.237 e. The summed E-state index contributed by atoms with van der Waals surface area (Å²) in [5.41, 5.74) is 5.59. The van der Waals surface area contributed by atoms with Crippen LogP contribution in [0.4, 0.5) is 0 Å². The predicted octanol–water partition coefficient (Wildman–Crippen LogP) is 7.66. The highest BCUT2D eigenvalue weighted by Gasteiger charge is 2.31. The molecule has 8 rings (SSSR count). The maximum Gasteiger partial charge on any atom is 0.237 e. The van der Waals surface area contributed by atoms with Gasteiger partial charge in [0.2, 0.25) is 17.7 Å². The molecule has 1 aliphatic heterocycles. The summed E-state index contributed by atoms with van der Waals surface area (Å²) in [5.74, 6) is 3.18. The van der Waals surface area contributed by atoms with E-state index in [0.717, 1.165) is 61.5 Å². The Labute approximate surface area is 338 Å². The number of amides is 1. The molecule has 4 aliphatic rings. The van der Waals surface area contributed by atoms with Gasteiger partial charge < -0.3 is 14.8 Å². The number of nitrogens with zero attached hydrogens (tertiary/aromatic N) is 6. The molecule has 3 saturated carbocycles. The third-order valence-corrected chi connectivity index (χ3v) is 12.3. The summed E-state index contributed by atoms with van der Waals surface area (Å²) in [7, 11) is 3.23. The molecule has 3 heterocycles. The fraction of sp³-hybridized carbons (Fsp3) is 0.488. The van der Waals surface area contributed by atoms with E-state index in [9.17, 15) is 9.59 Å². The van der Waals surface area contributed by atoms with Crippen LogP contribution in [0.1, 0.15) is 69.2 Å². The van der Waals surface area contributed by atoms with Gasteiger partial charge in [0.05, 0.1) is 48.0 Å². The molecule has 1 saturated heterocycles. The molecule has 13 heteroatoms. The monoisotopic (exact) mass is 797 g/mol. The third-order valence-electron chi connectivity index (χ3n) is 11.5. The van der Waals surface area contributed by atoms with E-state index in [1.54, 1.807) is 26.6 Å². The lowest BCUT2D eigenvalue weighted by Crippen LogP contribution is -2.39. The molecular formula is C43H49Cl2N7O4. The lowest BCUT2D eigenvalue weighted by Gasteiger charge is -2.25. The van der Waals surface area contributed by atoms with Crippen LogP contribution in [0.25, 0.3) is 33.6 Å². The zero-order valence-electron chi connectivity index (χ0n) is 32.1. The molecule has 0 bridgehead atoms. The number of carbonyl (C=O) groups excluding carboxylic acids is 2. The Bertz CT molecular complexity index is 1940. The zero-order chi connectivity index (χ0) is 38.8. The van der Waals surface area contributed by atoms with Crippen LogP contribution in [0.15, 0.2) is 48.8 Å². The first-order valence-electron chi connectivity index (χ1n) is 19.9. The molecule has 0 radical (unpaired) electrons. The second kappa shape index (κ2) is 17.1. The van der Waals surface area contributed by atoms with Gasteiger partial charge >= 0.3 is 0 Å². The summed E-state index contributed by atoms with van der Waals surface area (Å²) in [5, 5.41) is 4.08. The Morgan fingerprint density at radius 3 is 1.61 bits per heavy atom. The van der Waals surface area contributed by atoms with Gasteiger partial charge in [-0.25, -0.2) is 9.97 Å². The lowest BCUT2D eigenvalue weighted by molar-refractivity contribution is -0.119. The standard InChI is InChI=1S/C43H49Cl2N7O4/c1-55-42-37(24-51(20-26-9-10-26)22-28-13-15-30(53)17-28)46-18-35(49-42)33-7-3-5-31(40(33)44)32-6-4-8-34(41(32)45)36-19-47-38(43(50-36)56-2)25-52(21-27-11-12-27)23-29-14-16-39(54)48-29/h3-8,18-19,26-29H,9-17,20-25H2,1-2H3,(H,48,54)/t28-,29+/m1/s1. The Balaban J connectivity index is 1.02. The number of aromatic nitrogens is 4. The van der Waals surface area contributed by atoms with Crippen molar-refractivity contribution in [3.05, 3.63) is 70.2 Å². The molecule has 2 atom stereocenters. The average molecular weight is 799 g/mol. The van der Waals surface area contributed by atoms with Crippen LogP contribution in [0.2, 0.25) is 10.0 Å². The van der Waals surface area contributed by atoms with Crippen molar-refractivity contribution in [3.63, 3.8) is 0 Å². The number of halogens is 2. The minimum absolute atomic E-state index is 0.121. The maximum absolute atomic E-state index is 12.0. The minimum atomic E-state index is 0.121. The largest absolute Gasteiger partial charge is 0.480 e.